The molecule has 0 radical (unpaired) electrons. The average Bonchev–Trinajstić information content (AvgIpc) is 2.58. The monoisotopic (exact) mass is 189 g/mol. The summed E-state index contributed by atoms with van der Waals surface area (Å²) in [4.78, 5) is 4.39. The molecule has 0 atom stereocenters. The van der Waals surface area contributed by atoms with Gasteiger partial charge in [0.2, 0.25) is 0 Å². The van der Waals surface area contributed by atoms with E-state index >= 15 is 0 Å². The van der Waals surface area contributed by atoms with Gasteiger partial charge in [-0.1, -0.05) is 0 Å². The summed E-state index contributed by atoms with van der Waals surface area (Å²) in [6.45, 7) is 4.00. The predicted molar refractivity (Wildman–Crippen MR) is 58.2 cm³/mol. The van der Waals surface area contributed by atoms with Gasteiger partial charge in [0.25, 0.3) is 0 Å². The number of hydrogen-bond acceptors (Lipinski definition) is 2. The lowest BCUT2D eigenvalue weighted by atomic mass is 10.2. The lowest BCUT2D eigenvalue weighted by Gasteiger charge is -1.96. The van der Waals surface area contributed by atoms with Crippen molar-refractivity contribution in [1.29, 1.82) is 0 Å². The smallest absolute Gasteiger partial charge is 0.140 e. The van der Waals surface area contributed by atoms with E-state index in [0.717, 1.165) is 18.7 Å². The number of pyridine rings is 1. The Morgan fingerprint density at radius 2 is 2.36 bits per heavy atom. The third kappa shape index (κ3) is 1.40. The summed E-state index contributed by atoms with van der Waals surface area (Å²) in [6, 6.07) is 4.11. The van der Waals surface area contributed by atoms with Gasteiger partial charge in [0.15, 0.2) is 0 Å². The highest BCUT2D eigenvalue weighted by Crippen LogP contribution is 2.18. The zero-order chi connectivity index (χ0) is 9.97. The van der Waals surface area contributed by atoms with Gasteiger partial charge >= 0.3 is 0 Å². The van der Waals surface area contributed by atoms with Gasteiger partial charge in [-0.05, 0) is 31.7 Å². The van der Waals surface area contributed by atoms with Crippen LogP contribution in [0, 0.1) is 0 Å². The standard InChI is InChI=1S/C11H15N3/c1-3-14-8-9(7-12-2)10-5-4-6-13-11(10)14/h4-6,8,12H,3,7H2,1-2H3. The molecular weight excluding hydrogens is 174 g/mol. The molecule has 0 aliphatic heterocycles. The molecule has 0 fully saturated rings. The fraction of sp³-hybridized carbons (Fsp3) is 0.364. The molecule has 1 N–H and O–H groups in total. The van der Waals surface area contributed by atoms with Crippen molar-refractivity contribution in [3.8, 4) is 0 Å². The minimum Gasteiger partial charge on any atom is -0.332 e. The van der Waals surface area contributed by atoms with E-state index in [-0.39, 0.29) is 0 Å². The van der Waals surface area contributed by atoms with Crippen molar-refractivity contribution < 1.29 is 0 Å². The van der Waals surface area contributed by atoms with Crippen LogP contribution in [0.25, 0.3) is 11.0 Å². The summed E-state index contributed by atoms with van der Waals surface area (Å²) < 4.78 is 2.18. The van der Waals surface area contributed by atoms with E-state index in [9.17, 15) is 0 Å². The zero-order valence-corrected chi connectivity index (χ0v) is 8.62. The van der Waals surface area contributed by atoms with Gasteiger partial charge in [-0.2, -0.15) is 0 Å². The number of aromatic nitrogens is 2. The molecule has 0 bridgehead atoms. The minimum atomic E-state index is 0.898. The molecule has 0 amide bonds. The minimum absolute atomic E-state index is 0.898. The Hall–Kier alpha value is -1.35. The van der Waals surface area contributed by atoms with Crippen LogP contribution in [-0.2, 0) is 13.1 Å². The third-order valence-electron chi connectivity index (χ3n) is 2.42. The molecule has 0 saturated heterocycles. The van der Waals surface area contributed by atoms with Gasteiger partial charge in [-0.3, -0.25) is 0 Å². The highest BCUT2D eigenvalue weighted by Gasteiger charge is 2.06. The van der Waals surface area contributed by atoms with Crippen LogP contribution < -0.4 is 5.32 Å². The maximum atomic E-state index is 4.39. The Morgan fingerprint density at radius 1 is 1.50 bits per heavy atom. The van der Waals surface area contributed by atoms with Crippen molar-refractivity contribution in [1.82, 2.24) is 14.9 Å². The van der Waals surface area contributed by atoms with Crippen molar-refractivity contribution in [2.24, 2.45) is 0 Å². The molecule has 0 saturated carbocycles. The molecule has 2 aromatic rings. The van der Waals surface area contributed by atoms with Crippen LogP contribution >= 0.6 is 0 Å². The summed E-state index contributed by atoms with van der Waals surface area (Å²) in [5.74, 6) is 0. The molecule has 14 heavy (non-hydrogen) atoms. The van der Waals surface area contributed by atoms with E-state index < -0.39 is 0 Å². The first kappa shape index (κ1) is 9.21. The number of nitrogens with zero attached hydrogens (tertiary/aromatic N) is 2. The number of nitrogens with one attached hydrogen (secondary N) is 1. The third-order valence-corrected chi connectivity index (χ3v) is 2.42. The summed E-state index contributed by atoms with van der Waals surface area (Å²) in [5, 5.41) is 4.43. The second-order valence-electron chi connectivity index (χ2n) is 3.35. The van der Waals surface area contributed by atoms with Crippen molar-refractivity contribution in [2.75, 3.05) is 7.05 Å². The summed E-state index contributed by atoms with van der Waals surface area (Å²) >= 11 is 0. The van der Waals surface area contributed by atoms with Gasteiger partial charge in [-0.15, -0.1) is 0 Å². The Balaban J connectivity index is 2.61. The normalized spacial score (nSPS) is 11.0. The predicted octanol–water partition coefficient (Wildman–Crippen LogP) is 1.78. The van der Waals surface area contributed by atoms with Crippen molar-refractivity contribution in [2.45, 2.75) is 20.0 Å². The Morgan fingerprint density at radius 3 is 3.07 bits per heavy atom. The quantitative estimate of drug-likeness (QED) is 0.797. The molecule has 2 heterocycles. The van der Waals surface area contributed by atoms with E-state index in [0.29, 0.717) is 0 Å². The van der Waals surface area contributed by atoms with Gasteiger partial charge in [0.1, 0.15) is 5.65 Å². The number of rotatable bonds is 3. The highest BCUT2D eigenvalue weighted by molar-refractivity contribution is 5.80. The Bertz CT molecular complexity index is 431. The number of aryl methyl sites for hydroxylation is 1. The van der Waals surface area contributed by atoms with Gasteiger partial charge in [0, 0.05) is 30.9 Å². The van der Waals surface area contributed by atoms with E-state index in [4.69, 9.17) is 0 Å². The molecular formula is C11H15N3. The lowest BCUT2D eigenvalue weighted by molar-refractivity contribution is 0.769. The van der Waals surface area contributed by atoms with E-state index in [1.807, 2.05) is 19.3 Å². The van der Waals surface area contributed by atoms with Gasteiger partial charge < -0.3 is 9.88 Å². The molecule has 3 heteroatoms. The van der Waals surface area contributed by atoms with E-state index in [1.54, 1.807) is 0 Å². The fourth-order valence-electron chi connectivity index (χ4n) is 1.77. The lowest BCUT2D eigenvalue weighted by Crippen LogP contribution is -2.04. The molecule has 0 spiro atoms. The second kappa shape index (κ2) is 3.80. The molecule has 74 valence electrons. The number of hydrogen-bond donors (Lipinski definition) is 1. The van der Waals surface area contributed by atoms with Crippen molar-refractivity contribution in [3.63, 3.8) is 0 Å². The molecule has 0 unspecified atom stereocenters. The average molecular weight is 189 g/mol. The molecule has 3 nitrogen and oxygen atoms in total. The fourth-order valence-corrected chi connectivity index (χ4v) is 1.77. The van der Waals surface area contributed by atoms with Crippen LogP contribution in [0.1, 0.15) is 12.5 Å². The first-order valence-corrected chi connectivity index (χ1v) is 4.94. The Kier molecular flexibility index (Phi) is 2.50. The first-order valence-electron chi connectivity index (χ1n) is 4.94. The molecule has 0 aliphatic rings. The summed E-state index contributed by atoms with van der Waals surface area (Å²) in [7, 11) is 1.96. The molecule has 0 aliphatic carbocycles. The van der Waals surface area contributed by atoms with Crippen LogP contribution in [0.4, 0.5) is 0 Å². The first-order chi connectivity index (χ1) is 6.86. The Labute approximate surface area is 83.8 Å². The van der Waals surface area contributed by atoms with Crippen LogP contribution in [0.5, 0.6) is 0 Å². The summed E-state index contributed by atoms with van der Waals surface area (Å²) in [6.07, 6.45) is 4.02. The molecule has 0 aromatic carbocycles. The summed E-state index contributed by atoms with van der Waals surface area (Å²) in [5.41, 5.74) is 2.40. The van der Waals surface area contributed by atoms with Crippen LogP contribution in [0.3, 0.4) is 0 Å². The zero-order valence-electron chi connectivity index (χ0n) is 8.62. The van der Waals surface area contributed by atoms with E-state index in [1.165, 1.54) is 10.9 Å². The molecule has 2 rings (SSSR count). The van der Waals surface area contributed by atoms with Crippen molar-refractivity contribution >= 4 is 11.0 Å². The van der Waals surface area contributed by atoms with Crippen LogP contribution in [0.15, 0.2) is 24.5 Å². The topological polar surface area (TPSA) is 29.9 Å². The van der Waals surface area contributed by atoms with Crippen LogP contribution in [-0.4, -0.2) is 16.6 Å². The molecule has 2 aromatic heterocycles. The van der Waals surface area contributed by atoms with Gasteiger partial charge in [-0.25, -0.2) is 4.98 Å². The van der Waals surface area contributed by atoms with E-state index in [2.05, 4.69) is 34.1 Å². The maximum absolute atomic E-state index is 4.39. The van der Waals surface area contributed by atoms with Crippen molar-refractivity contribution in [3.05, 3.63) is 30.1 Å². The van der Waals surface area contributed by atoms with Crippen LogP contribution in [0.2, 0.25) is 0 Å². The second-order valence-corrected chi connectivity index (χ2v) is 3.35. The maximum Gasteiger partial charge on any atom is 0.140 e. The SMILES string of the molecule is CCn1cc(CNC)c2cccnc21. The highest BCUT2D eigenvalue weighted by atomic mass is 15.0. The largest absolute Gasteiger partial charge is 0.332 e. The van der Waals surface area contributed by atoms with Gasteiger partial charge in [0.05, 0.1) is 0 Å². The number of fused-ring (bicyclic) bond motifs is 1.